The van der Waals surface area contributed by atoms with Crippen molar-refractivity contribution in [3.63, 3.8) is 0 Å². The molecule has 156 valence electrons. The molecule has 2 atom stereocenters. The Morgan fingerprint density at radius 1 is 1.48 bits per heavy atom. The molecule has 10 nitrogen and oxygen atoms in total. The van der Waals surface area contributed by atoms with Crippen LogP contribution in [0.25, 0.3) is 0 Å². The summed E-state index contributed by atoms with van der Waals surface area (Å²) in [4.78, 5) is 41.1. The highest BCUT2D eigenvalue weighted by atomic mass is 19.1. The monoisotopic (exact) mass is 408 g/mol. The van der Waals surface area contributed by atoms with Crippen LogP contribution in [0, 0.1) is 21.8 Å². The third-order valence-electron chi connectivity index (χ3n) is 4.67. The van der Waals surface area contributed by atoms with E-state index in [1.54, 1.807) is 20.8 Å². The van der Waals surface area contributed by atoms with Crippen molar-refractivity contribution in [3.8, 4) is 0 Å². The third kappa shape index (κ3) is 3.77. The van der Waals surface area contributed by atoms with Crippen LogP contribution in [0.15, 0.2) is 23.2 Å². The van der Waals surface area contributed by atoms with Crippen molar-refractivity contribution in [1.29, 1.82) is 0 Å². The lowest BCUT2D eigenvalue weighted by atomic mass is 9.78. The Bertz CT molecular complexity index is 912. The van der Waals surface area contributed by atoms with Crippen molar-refractivity contribution in [2.24, 2.45) is 10.9 Å². The van der Waals surface area contributed by atoms with Gasteiger partial charge in [0.2, 0.25) is 11.9 Å². The lowest BCUT2D eigenvalue weighted by molar-refractivity contribution is -0.385. The first-order valence-corrected chi connectivity index (χ1v) is 8.84. The number of nitro benzene ring substituents is 1. The average Bonchev–Trinajstić information content (AvgIpc) is 3.02. The van der Waals surface area contributed by atoms with E-state index in [4.69, 9.17) is 9.47 Å². The molecular weight excluding hydrogens is 387 g/mol. The van der Waals surface area contributed by atoms with Gasteiger partial charge < -0.3 is 9.47 Å². The molecule has 2 aliphatic rings. The summed E-state index contributed by atoms with van der Waals surface area (Å²) in [5.74, 6) is -2.27. The molecule has 0 saturated carbocycles. The molecular formula is C18H21FN4O6. The zero-order valence-corrected chi connectivity index (χ0v) is 16.4. The summed E-state index contributed by atoms with van der Waals surface area (Å²) in [6.07, 6.45) is -0.845. The number of nitro groups is 1. The number of hydrogen-bond acceptors (Lipinski definition) is 7. The van der Waals surface area contributed by atoms with Crippen LogP contribution in [0.5, 0.6) is 0 Å². The van der Waals surface area contributed by atoms with Crippen molar-refractivity contribution >= 4 is 23.6 Å². The smallest absolute Gasteiger partial charge is 0.414 e. The number of ether oxygens (including phenoxy) is 2. The fourth-order valence-corrected chi connectivity index (χ4v) is 3.35. The van der Waals surface area contributed by atoms with Crippen LogP contribution >= 0.6 is 0 Å². The van der Waals surface area contributed by atoms with Gasteiger partial charge in [0, 0.05) is 24.7 Å². The maximum Gasteiger partial charge on any atom is 0.414 e. The van der Waals surface area contributed by atoms with Gasteiger partial charge >= 0.3 is 6.09 Å². The topological polar surface area (TPSA) is 123 Å². The summed E-state index contributed by atoms with van der Waals surface area (Å²) < 4.78 is 25.3. The summed E-state index contributed by atoms with van der Waals surface area (Å²) in [5.41, 5.74) is -2.81. The molecule has 1 aromatic rings. The number of aliphatic imine (C=N–C) groups is 1. The van der Waals surface area contributed by atoms with Crippen LogP contribution < -0.4 is 5.32 Å². The first-order chi connectivity index (χ1) is 13.4. The molecule has 1 fully saturated rings. The predicted molar refractivity (Wildman–Crippen MR) is 98.6 cm³/mol. The number of fused-ring (bicyclic) bond motifs is 1. The standard InChI is InChI=1S/C18H21FN4O6/c1-17(2,3)29-16(25)20-15-21-18(9-28-8-12(18)14(24)22(15)4)11-7-10(23(26)27)5-6-13(11)19/h5-7,12H,8-9H2,1-4H3,(H,20,21,25)/t12-,18-/m0/s1. The number of amides is 2. The van der Waals surface area contributed by atoms with Gasteiger partial charge in [-0.15, -0.1) is 0 Å². The Labute approximate surface area is 165 Å². The fourth-order valence-electron chi connectivity index (χ4n) is 3.35. The molecule has 2 aliphatic heterocycles. The third-order valence-corrected chi connectivity index (χ3v) is 4.67. The van der Waals surface area contributed by atoms with Gasteiger partial charge in [-0.3, -0.25) is 25.1 Å². The van der Waals surface area contributed by atoms with E-state index in [2.05, 4.69) is 10.3 Å². The first-order valence-electron chi connectivity index (χ1n) is 8.84. The summed E-state index contributed by atoms with van der Waals surface area (Å²) in [6, 6.07) is 3.03. The highest BCUT2D eigenvalue weighted by Crippen LogP contribution is 2.44. The summed E-state index contributed by atoms with van der Waals surface area (Å²) >= 11 is 0. The van der Waals surface area contributed by atoms with E-state index in [0.29, 0.717) is 0 Å². The van der Waals surface area contributed by atoms with Crippen LogP contribution in [-0.2, 0) is 19.8 Å². The first kappa shape index (κ1) is 20.6. The zero-order valence-electron chi connectivity index (χ0n) is 16.4. The number of nitrogens with one attached hydrogen (secondary N) is 1. The van der Waals surface area contributed by atoms with Gasteiger partial charge in [0.1, 0.15) is 17.0 Å². The molecule has 29 heavy (non-hydrogen) atoms. The van der Waals surface area contributed by atoms with Crippen LogP contribution in [0.4, 0.5) is 14.9 Å². The summed E-state index contributed by atoms with van der Waals surface area (Å²) in [6.45, 7) is 4.81. The second kappa shape index (κ2) is 7.07. The molecule has 0 aliphatic carbocycles. The molecule has 0 spiro atoms. The highest BCUT2D eigenvalue weighted by Gasteiger charge is 2.55. The molecule has 3 rings (SSSR count). The molecule has 2 heterocycles. The van der Waals surface area contributed by atoms with Crippen LogP contribution in [0.2, 0.25) is 0 Å². The second-order valence-corrected chi connectivity index (χ2v) is 7.87. The molecule has 0 unspecified atom stereocenters. The van der Waals surface area contributed by atoms with E-state index >= 15 is 0 Å². The predicted octanol–water partition coefficient (Wildman–Crippen LogP) is 1.93. The van der Waals surface area contributed by atoms with Crippen LogP contribution in [0.3, 0.4) is 0 Å². The largest absolute Gasteiger partial charge is 0.444 e. The number of rotatable bonds is 2. The van der Waals surface area contributed by atoms with Crippen LogP contribution in [0.1, 0.15) is 26.3 Å². The Morgan fingerprint density at radius 3 is 2.79 bits per heavy atom. The number of non-ortho nitro benzene ring substituents is 1. The normalized spacial score (nSPS) is 24.0. The van der Waals surface area contributed by atoms with Gasteiger partial charge in [0.05, 0.1) is 24.1 Å². The van der Waals surface area contributed by atoms with E-state index in [9.17, 15) is 24.1 Å². The average molecular weight is 408 g/mol. The number of hydrogen-bond donors (Lipinski definition) is 1. The molecule has 0 aromatic heterocycles. The van der Waals surface area contributed by atoms with Gasteiger partial charge in [-0.05, 0) is 26.8 Å². The quantitative estimate of drug-likeness (QED) is 0.589. The molecule has 1 aromatic carbocycles. The minimum absolute atomic E-state index is 0.0332. The van der Waals surface area contributed by atoms with E-state index in [1.165, 1.54) is 7.05 Å². The number of carbonyl (C=O) groups is 2. The van der Waals surface area contributed by atoms with Crippen molar-refractivity contribution in [2.75, 3.05) is 20.3 Å². The van der Waals surface area contributed by atoms with Gasteiger partial charge in [-0.1, -0.05) is 0 Å². The lowest BCUT2D eigenvalue weighted by Crippen LogP contribution is -2.57. The Morgan fingerprint density at radius 2 is 2.17 bits per heavy atom. The Kier molecular flexibility index (Phi) is 5.03. The van der Waals surface area contributed by atoms with Crippen molar-refractivity contribution in [3.05, 3.63) is 39.7 Å². The van der Waals surface area contributed by atoms with E-state index in [1.807, 2.05) is 0 Å². The minimum atomic E-state index is -1.54. The van der Waals surface area contributed by atoms with Gasteiger partial charge in [-0.2, -0.15) is 0 Å². The summed E-state index contributed by atoms with van der Waals surface area (Å²) in [7, 11) is 1.41. The van der Waals surface area contributed by atoms with Gasteiger partial charge in [0.15, 0.2) is 0 Å². The van der Waals surface area contributed by atoms with E-state index in [0.717, 1.165) is 23.1 Å². The second-order valence-electron chi connectivity index (χ2n) is 7.87. The lowest BCUT2D eigenvalue weighted by Gasteiger charge is -2.38. The minimum Gasteiger partial charge on any atom is -0.444 e. The summed E-state index contributed by atoms with van der Waals surface area (Å²) in [5, 5.41) is 13.6. The highest BCUT2D eigenvalue weighted by molar-refractivity contribution is 6.06. The number of guanidine groups is 1. The molecule has 2 amide bonds. The molecule has 0 radical (unpaired) electrons. The number of halogens is 1. The van der Waals surface area contributed by atoms with E-state index in [-0.39, 0.29) is 30.4 Å². The number of benzene rings is 1. The zero-order chi connectivity index (χ0) is 21.6. The van der Waals surface area contributed by atoms with Crippen molar-refractivity contribution in [2.45, 2.75) is 31.9 Å². The maximum absolute atomic E-state index is 14.7. The SMILES string of the molecule is CN1C(=O)[C@@H]2COC[C@@]2(c2cc([N+](=O)[O-])ccc2F)N=C1NC(=O)OC(C)(C)C. The maximum atomic E-state index is 14.7. The number of nitrogens with zero attached hydrogens (tertiary/aromatic N) is 3. The van der Waals surface area contributed by atoms with E-state index < -0.39 is 39.8 Å². The van der Waals surface area contributed by atoms with Gasteiger partial charge in [-0.25, -0.2) is 14.2 Å². The molecule has 11 heteroatoms. The van der Waals surface area contributed by atoms with Crippen LogP contribution in [-0.4, -0.2) is 53.6 Å². The number of carbonyl (C=O) groups excluding carboxylic acids is 2. The molecule has 0 bridgehead atoms. The van der Waals surface area contributed by atoms with Crippen molar-refractivity contribution in [1.82, 2.24) is 10.2 Å². The number of alkyl carbamates (subject to hydrolysis) is 1. The molecule has 1 N–H and O–H groups in total. The van der Waals surface area contributed by atoms with Gasteiger partial charge in [0.25, 0.3) is 5.69 Å². The fraction of sp³-hybridized carbons (Fsp3) is 0.500. The van der Waals surface area contributed by atoms with Crippen molar-refractivity contribution < 1.29 is 28.4 Å². The Hall–Kier alpha value is -3.08. The molecule has 1 saturated heterocycles. The Balaban J connectivity index is 2.09.